The van der Waals surface area contributed by atoms with Crippen LogP contribution in [0.15, 0.2) is 66.7 Å². The zero-order valence-corrected chi connectivity index (χ0v) is 51.8. The minimum absolute atomic E-state index is 0.0302. The molecule has 32 nitrogen and oxygen atoms in total. The summed E-state index contributed by atoms with van der Waals surface area (Å²) in [7, 11) is -3.65. The minimum Gasteiger partial charge on any atom is -0.504 e. The van der Waals surface area contributed by atoms with Crippen LogP contribution in [0, 0.1) is 5.92 Å². The molecular formula is C58H76N10O22S2. The highest BCUT2D eigenvalue weighted by atomic mass is 32.3. The number of rotatable bonds is 22. The molecule has 34 heteroatoms. The Labute approximate surface area is 531 Å². The van der Waals surface area contributed by atoms with Gasteiger partial charge in [-0.05, 0) is 73.9 Å². The van der Waals surface area contributed by atoms with Crippen molar-refractivity contribution in [3.63, 3.8) is 0 Å². The van der Waals surface area contributed by atoms with Crippen LogP contribution in [-0.2, 0) is 48.7 Å². The van der Waals surface area contributed by atoms with Crippen molar-refractivity contribution < 1.29 is 106 Å². The number of phenolic OH excluding ortho intramolecular Hbond substituents is 1. The van der Waals surface area contributed by atoms with Gasteiger partial charge in [-0.2, -0.15) is 8.42 Å². The third-order valence-electron chi connectivity index (χ3n) is 15.6. The van der Waals surface area contributed by atoms with Crippen molar-refractivity contribution in [2.45, 2.75) is 144 Å². The molecule has 3 saturated heterocycles. The quantitative estimate of drug-likeness (QED) is 0.0276. The number of unbranched alkanes of at least 4 members (excludes halogenated alkanes) is 4. The second kappa shape index (κ2) is 32.0. The largest absolute Gasteiger partial charge is 0.504 e. The van der Waals surface area contributed by atoms with E-state index in [0.29, 0.717) is 43.8 Å². The van der Waals surface area contributed by atoms with Crippen LogP contribution in [0.4, 0.5) is 0 Å². The first-order chi connectivity index (χ1) is 43.5. The van der Waals surface area contributed by atoms with Gasteiger partial charge in [-0.15, -0.1) is 10.2 Å². The van der Waals surface area contributed by atoms with Crippen molar-refractivity contribution >= 4 is 69.0 Å². The van der Waals surface area contributed by atoms with E-state index in [1.54, 1.807) is 19.2 Å². The third-order valence-corrected chi connectivity index (χ3v) is 17.0. The maximum atomic E-state index is 14.7. The monoisotopic (exact) mass is 1330 g/mol. The molecule has 16 N–H and O–H groups in total. The highest BCUT2D eigenvalue weighted by molar-refractivity contribution is 7.81. The van der Waals surface area contributed by atoms with E-state index in [4.69, 9.17) is 15.2 Å². The molecule has 0 spiro atoms. The Morgan fingerprint density at radius 3 is 1.97 bits per heavy atom. The van der Waals surface area contributed by atoms with Gasteiger partial charge in [-0.3, -0.25) is 42.9 Å². The highest BCUT2D eigenvalue weighted by Gasteiger charge is 2.50. The van der Waals surface area contributed by atoms with E-state index >= 15 is 0 Å². The summed E-state index contributed by atoms with van der Waals surface area (Å²) in [5.74, 6) is -12.4. The summed E-state index contributed by atoms with van der Waals surface area (Å²) in [5, 5.41) is 111. The normalized spacial score (nSPS) is 25.2. The molecule has 8 amide bonds. The first kappa shape index (κ1) is 71.4. The highest BCUT2D eigenvalue weighted by Crippen LogP contribution is 2.34. The molecule has 1 aromatic heterocycles. The first-order valence-electron chi connectivity index (χ1n) is 29.4. The Morgan fingerprint density at radius 2 is 1.35 bits per heavy atom. The number of amides is 8. The van der Waals surface area contributed by atoms with E-state index in [-0.39, 0.29) is 5.56 Å². The molecule has 7 rings (SSSR count). The summed E-state index contributed by atoms with van der Waals surface area (Å²) in [6, 6.07) is 2.97. The van der Waals surface area contributed by atoms with Crippen LogP contribution in [0.5, 0.6) is 17.2 Å². The Kier molecular flexibility index (Phi) is 24.8. The summed E-state index contributed by atoms with van der Waals surface area (Å²) < 4.78 is 47.8. The van der Waals surface area contributed by atoms with Crippen molar-refractivity contribution in [1.29, 1.82) is 0 Å². The molecule has 3 fully saturated rings. The van der Waals surface area contributed by atoms with Gasteiger partial charge >= 0.3 is 10.4 Å². The summed E-state index contributed by atoms with van der Waals surface area (Å²) in [5.41, 5.74) is 6.09. The smallest absolute Gasteiger partial charge is 0.446 e. The number of aromatic hydroxyl groups is 1. The molecule has 3 aromatic carbocycles. The number of hydrogen-bond acceptors (Lipinski definition) is 24. The van der Waals surface area contributed by atoms with Crippen LogP contribution < -0.4 is 41.2 Å². The maximum Gasteiger partial charge on any atom is 0.446 e. The minimum atomic E-state index is -5.34. The fraction of sp³-hybridized carbons (Fsp3) is 0.517. The Hall–Kier alpha value is -8.03. The van der Waals surface area contributed by atoms with Gasteiger partial charge in [0, 0.05) is 68.8 Å². The Morgan fingerprint density at radius 1 is 0.750 bits per heavy atom. The lowest BCUT2D eigenvalue weighted by Crippen LogP contribution is -2.64. The summed E-state index contributed by atoms with van der Waals surface area (Å²) in [4.78, 5) is 115. The number of methoxy groups -OCH3 is 1. The molecule has 0 saturated carbocycles. The van der Waals surface area contributed by atoms with Crippen LogP contribution >= 0.6 is 11.3 Å². The number of carbonyl (C=O) groups excluding carboxylic acids is 8. The fourth-order valence-electron chi connectivity index (χ4n) is 10.7. The number of hydrogen-bond donors (Lipinski definition) is 15. The number of nitrogens with zero attached hydrogens (tertiary/aromatic N) is 4. The Bertz CT molecular complexity index is 3380. The van der Waals surface area contributed by atoms with Gasteiger partial charge in [0.15, 0.2) is 11.5 Å². The SMILES string of the molecule is COCCCCCCCOc1ccc(-c2nnc(-c3ccc(C(=O)N[C@H]4C[C@H](O)CNC(=O)C5[C@@H](O)[C@@H](C)CN5C(=O)C([C@H](O)CC(N)=O)NC(=O)C([C@H](O)[C@@H](O)c5ccc(O)c(OS(=O)(=O)O)c5)NC(=O)C5C[C@@H](O)CN5C(=O)C([C@@H](C)O)NC4=O)cc3)s2)cc1. The number of β-amino-alcohol motifs (C(OH)–C–C–N with tert-alkyl or cyclic N) is 1. The number of nitrogens with one attached hydrogen (secondary N) is 5. The zero-order valence-electron chi connectivity index (χ0n) is 50.1. The van der Waals surface area contributed by atoms with E-state index < -0.39 is 199 Å². The molecule has 4 heterocycles. The van der Waals surface area contributed by atoms with E-state index in [0.717, 1.165) is 63.3 Å². The third kappa shape index (κ3) is 18.6. The molecule has 3 aliphatic rings. The number of primary amides is 1. The lowest BCUT2D eigenvalue weighted by Gasteiger charge is -2.34. The summed E-state index contributed by atoms with van der Waals surface area (Å²) in [6.45, 7) is 1.86. The van der Waals surface area contributed by atoms with Gasteiger partial charge in [0.1, 0.15) is 64.2 Å². The topological polar surface area (TPSA) is 499 Å². The van der Waals surface area contributed by atoms with Crippen molar-refractivity contribution in [1.82, 2.24) is 46.6 Å². The number of carbonyl (C=O) groups is 8. The van der Waals surface area contributed by atoms with E-state index in [1.165, 1.54) is 30.4 Å². The fourth-order valence-corrected chi connectivity index (χ4v) is 11.9. The van der Waals surface area contributed by atoms with E-state index in [1.807, 2.05) is 24.3 Å². The number of aromatic nitrogens is 2. The lowest BCUT2D eigenvalue weighted by atomic mass is 9.96. The standard InChI is InChI=1S/C58H76N10O22S2/c1-28-26-68-46(47(28)75)54(82)60-25-34(70)22-37(61-50(78)30-9-11-31(12-10-30)55-65-66-56(91-55)32-13-16-36(17-14-32)89-20-8-6-4-5-7-19-88-3)51(79)62-43(29(2)69)57(83)67-27-35(71)23-38(67)52(80)64-45(53(81)63-44(58(68)84)40(73)24-42(59)74)49(77)48(76)33-15-18-39(72)41(21-33)90-92(85,86)87/h9-18,21,28-29,34-35,37-38,40,43-49,69-73,75-77H,4-8,19-20,22-27H2,1-3H3,(H2,59,74)(H,60,82)(H,61,78)(H,62,79)(H,63,81)(H,64,80)(H,85,86,87)/t28-,29+,34-,35+,37-,38?,40+,43?,44?,45?,46?,47-,48-,49-/m0/s1. The van der Waals surface area contributed by atoms with Gasteiger partial charge in [0.2, 0.25) is 41.4 Å². The van der Waals surface area contributed by atoms with Crippen LogP contribution in [0.25, 0.3) is 21.1 Å². The maximum absolute atomic E-state index is 14.7. The van der Waals surface area contributed by atoms with Gasteiger partial charge < -0.3 is 96.6 Å². The number of aliphatic hydroxyl groups is 7. The number of nitrogens with two attached hydrogens (primary N) is 1. The Balaban J connectivity index is 1.17. The molecule has 0 bridgehead atoms. The molecule has 502 valence electrons. The van der Waals surface area contributed by atoms with Crippen LogP contribution in [-0.4, -0.2) is 234 Å². The van der Waals surface area contributed by atoms with Gasteiger partial charge in [-0.25, -0.2) is 0 Å². The lowest BCUT2D eigenvalue weighted by molar-refractivity contribution is -0.148. The number of fused-ring (bicyclic) bond motifs is 2. The summed E-state index contributed by atoms with van der Waals surface area (Å²) >= 11 is 1.27. The van der Waals surface area contributed by atoms with Crippen LogP contribution in [0.3, 0.4) is 0 Å². The predicted octanol–water partition coefficient (Wildman–Crippen LogP) is -2.95. The molecule has 3 aliphatic heterocycles. The molecule has 0 aliphatic carbocycles. The predicted molar refractivity (Wildman–Crippen MR) is 321 cm³/mol. The summed E-state index contributed by atoms with van der Waals surface area (Å²) in [6.07, 6.45) is -11.5. The second-order valence-electron chi connectivity index (χ2n) is 22.7. The van der Waals surface area contributed by atoms with Crippen LogP contribution in [0.2, 0.25) is 0 Å². The first-order valence-corrected chi connectivity index (χ1v) is 31.5. The van der Waals surface area contributed by atoms with Gasteiger partial charge in [-0.1, -0.05) is 55.7 Å². The van der Waals surface area contributed by atoms with Crippen molar-refractivity contribution in [3.05, 3.63) is 77.9 Å². The number of aliphatic hydroxyl groups excluding tert-OH is 7. The van der Waals surface area contributed by atoms with Gasteiger partial charge in [0.25, 0.3) is 5.91 Å². The van der Waals surface area contributed by atoms with E-state index in [2.05, 4.69) is 41.0 Å². The average Bonchev–Trinajstić information content (AvgIpc) is 1.58. The zero-order chi connectivity index (χ0) is 67.3. The number of phenols is 1. The van der Waals surface area contributed by atoms with Crippen molar-refractivity contribution in [2.24, 2.45) is 11.7 Å². The molecule has 14 atom stereocenters. The molecule has 0 radical (unpaired) electrons. The van der Waals surface area contributed by atoms with E-state index in [9.17, 15) is 92.2 Å². The molecule has 5 unspecified atom stereocenters. The van der Waals surface area contributed by atoms with Gasteiger partial charge in [0.05, 0.1) is 43.5 Å². The molecular weight excluding hydrogens is 1250 g/mol. The van der Waals surface area contributed by atoms with Crippen LogP contribution in [0.1, 0.15) is 87.2 Å². The number of benzene rings is 3. The van der Waals surface area contributed by atoms with Crippen molar-refractivity contribution in [2.75, 3.05) is 40.0 Å². The molecule has 4 aromatic rings. The van der Waals surface area contributed by atoms with Crippen molar-refractivity contribution in [3.8, 4) is 38.4 Å². The average molecular weight is 1330 g/mol. The second-order valence-corrected chi connectivity index (χ2v) is 24.7. The number of ether oxygens (including phenoxy) is 2. The molecule has 92 heavy (non-hydrogen) atoms.